The second-order valence-corrected chi connectivity index (χ2v) is 4.31. The lowest BCUT2D eigenvalue weighted by Gasteiger charge is -2.13. The lowest BCUT2D eigenvalue weighted by atomic mass is 10.1. The fourth-order valence-electron chi connectivity index (χ4n) is 1.73. The van der Waals surface area contributed by atoms with Crippen LogP contribution in [0.2, 0.25) is 0 Å². The fourth-order valence-corrected chi connectivity index (χ4v) is 1.73. The van der Waals surface area contributed by atoms with E-state index in [9.17, 15) is 4.79 Å². The average Bonchev–Trinajstić information content (AvgIpc) is 2.38. The number of aryl methyl sites for hydroxylation is 2. The molecule has 4 N–H and O–H groups in total. The van der Waals surface area contributed by atoms with Crippen molar-refractivity contribution in [3.8, 4) is 0 Å². The lowest BCUT2D eigenvalue weighted by Crippen LogP contribution is -2.40. The molecule has 1 aromatic carbocycles. The predicted octanol–water partition coefficient (Wildman–Crippen LogP) is 2.83. The third-order valence-corrected chi connectivity index (χ3v) is 2.73. The number of carbonyl (C=O) groups is 1. The summed E-state index contributed by atoms with van der Waals surface area (Å²) in [5.41, 5.74) is 8.56. The van der Waals surface area contributed by atoms with Gasteiger partial charge >= 0.3 is 6.03 Å². The van der Waals surface area contributed by atoms with Gasteiger partial charge in [-0.15, -0.1) is 12.4 Å². The SMILES string of the molecule is CCCN=C(N)NC(=O)Nc1c(C)cccc1CC.Cl. The van der Waals surface area contributed by atoms with Gasteiger partial charge in [-0.3, -0.25) is 10.3 Å². The number of hydrogen-bond acceptors (Lipinski definition) is 2. The monoisotopic (exact) mass is 298 g/mol. The lowest BCUT2D eigenvalue weighted by molar-refractivity contribution is 0.256. The molecule has 112 valence electrons. The minimum absolute atomic E-state index is 0. The van der Waals surface area contributed by atoms with Crippen LogP contribution in [0.3, 0.4) is 0 Å². The van der Waals surface area contributed by atoms with Gasteiger partial charge in [0.25, 0.3) is 0 Å². The number of amides is 2. The highest BCUT2D eigenvalue weighted by atomic mass is 35.5. The minimum Gasteiger partial charge on any atom is -0.370 e. The highest BCUT2D eigenvalue weighted by Gasteiger charge is 2.08. The Kier molecular flexibility index (Phi) is 8.40. The maximum Gasteiger partial charge on any atom is 0.326 e. The third-order valence-electron chi connectivity index (χ3n) is 2.73. The first-order valence-corrected chi connectivity index (χ1v) is 6.54. The molecule has 0 saturated carbocycles. The number of guanidine groups is 1. The molecule has 0 atom stereocenters. The Bertz CT molecular complexity index is 474. The number of nitrogens with two attached hydrogens (primary N) is 1. The molecule has 2 amide bonds. The predicted molar refractivity (Wildman–Crippen MR) is 86.7 cm³/mol. The van der Waals surface area contributed by atoms with E-state index in [-0.39, 0.29) is 24.4 Å². The summed E-state index contributed by atoms with van der Waals surface area (Å²) in [6.45, 7) is 6.62. The van der Waals surface area contributed by atoms with Crippen molar-refractivity contribution in [1.82, 2.24) is 5.32 Å². The minimum atomic E-state index is -0.360. The van der Waals surface area contributed by atoms with Crippen LogP contribution >= 0.6 is 12.4 Å². The Morgan fingerprint density at radius 3 is 2.65 bits per heavy atom. The van der Waals surface area contributed by atoms with Gasteiger partial charge in [0, 0.05) is 12.2 Å². The molecule has 0 spiro atoms. The van der Waals surface area contributed by atoms with Crippen LogP contribution in [0.25, 0.3) is 0 Å². The molecule has 0 aliphatic rings. The Balaban J connectivity index is 0.00000361. The number of para-hydroxylation sites is 1. The van der Waals surface area contributed by atoms with Crippen molar-refractivity contribution in [3.63, 3.8) is 0 Å². The first-order chi connectivity index (χ1) is 9.08. The van der Waals surface area contributed by atoms with E-state index in [1.165, 1.54) is 0 Å². The number of benzene rings is 1. The van der Waals surface area contributed by atoms with Crippen LogP contribution < -0.4 is 16.4 Å². The van der Waals surface area contributed by atoms with E-state index in [1.54, 1.807) is 0 Å². The van der Waals surface area contributed by atoms with Gasteiger partial charge in [-0.2, -0.15) is 0 Å². The van der Waals surface area contributed by atoms with Gasteiger partial charge in [0.05, 0.1) is 0 Å². The summed E-state index contributed by atoms with van der Waals surface area (Å²) in [6, 6.07) is 5.58. The van der Waals surface area contributed by atoms with E-state index < -0.39 is 0 Å². The summed E-state index contributed by atoms with van der Waals surface area (Å²) >= 11 is 0. The van der Waals surface area contributed by atoms with E-state index in [4.69, 9.17) is 5.73 Å². The second-order valence-electron chi connectivity index (χ2n) is 4.31. The molecule has 0 fully saturated rings. The quantitative estimate of drug-likeness (QED) is 0.590. The Morgan fingerprint density at radius 2 is 2.05 bits per heavy atom. The fraction of sp³-hybridized carbons (Fsp3) is 0.429. The molecule has 6 heteroatoms. The smallest absolute Gasteiger partial charge is 0.326 e. The van der Waals surface area contributed by atoms with E-state index in [1.807, 2.05) is 32.0 Å². The van der Waals surface area contributed by atoms with Crippen molar-refractivity contribution in [1.29, 1.82) is 0 Å². The number of aliphatic imine (C=N–C) groups is 1. The van der Waals surface area contributed by atoms with Crippen LogP contribution in [-0.4, -0.2) is 18.5 Å². The maximum atomic E-state index is 11.8. The first-order valence-electron chi connectivity index (χ1n) is 6.54. The topological polar surface area (TPSA) is 79.5 Å². The molecule has 0 bridgehead atoms. The van der Waals surface area contributed by atoms with Crippen LogP contribution in [0.1, 0.15) is 31.4 Å². The van der Waals surface area contributed by atoms with Gasteiger partial charge in [-0.05, 0) is 30.9 Å². The van der Waals surface area contributed by atoms with E-state index in [0.29, 0.717) is 6.54 Å². The number of nitrogens with zero attached hydrogens (tertiary/aromatic N) is 1. The zero-order valence-corrected chi connectivity index (χ0v) is 13.0. The first kappa shape index (κ1) is 18.2. The molecule has 5 nitrogen and oxygen atoms in total. The summed E-state index contributed by atoms with van der Waals surface area (Å²) in [5, 5.41) is 5.35. The Labute approximate surface area is 126 Å². The highest BCUT2D eigenvalue weighted by molar-refractivity contribution is 6.02. The van der Waals surface area contributed by atoms with E-state index in [0.717, 1.165) is 29.7 Å². The largest absolute Gasteiger partial charge is 0.370 e. The highest BCUT2D eigenvalue weighted by Crippen LogP contribution is 2.20. The van der Waals surface area contributed by atoms with Gasteiger partial charge in [-0.1, -0.05) is 32.0 Å². The molecule has 0 saturated heterocycles. The zero-order chi connectivity index (χ0) is 14.3. The van der Waals surface area contributed by atoms with Crippen molar-refractivity contribution in [3.05, 3.63) is 29.3 Å². The number of anilines is 1. The molecule has 20 heavy (non-hydrogen) atoms. The number of halogens is 1. The van der Waals surface area contributed by atoms with Gasteiger partial charge in [0.15, 0.2) is 5.96 Å². The van der Waals surface area contributed by atoms with Crippen LogP contribution in [0.5, 0.6) is 0 Å². The van der Waals surface area contributed by atoms with Gasteiger partial charge in [-0.25, -0.2) is 4.79 Å². The normalized spacial score (nSPS) is 10.7. The number of hydrogen-bond donors (Lipinski definition) is 3. The van der Waals surface area contributed by atoms with Crippen LogP contribution in [0, 0.1) is 6.92 Å². The van der Waals surface area contributed by atoms with Crippen LogP contribution in [0.4, 0.5) is 10.5 Å². The average molecular weight is 299 g/mol. The molecule has 0 radical (unpaired) electrons. The molecule has 0 aliphatic carbocycles. The maximum absolute atomic E-state index is 11.8. The van der Waals surface area contributed by atoms with E-state index in [2.05, 4.69) is 22.5 Å². The number of nitrogens with one attached hydrogen (secondary N) is 2. The summed E-state index contributed by atoms with van der Waals surface area (Å²) in [7, 11) is 0. The zero-order valence-electron chi connectivity index (χ0n) is 12.2. The third kappa shape index (κ3) is 5.48. The standard InChI is InChI=1S/C14H22N4O.ClH/c1-4-9-16-13(15)18-14(19)17-12-10(3)7-6-8-11(12)5-2;/h6-8H,4-5,9H2,1-3H3,(H4,15,16,17,18,19);1H. The second kappa shape index (κ2) is 9.20. The number of carbonyl (C=O) groups excluding carboxylic acids is 1. The summed E-state index contributed by atoms with van der Waals surface area (Å²) in [6.07, 6.45) is 1.75. The Hall–Kier alpha value is -1.75. The summed E-state index contributed by atoms with van der Waals surface area (Å²) < 4.78 is 0. The number of urea groups is 1. The molecule has 0 aromatic heterocycles. The van der Waals surface area contributed by atoms with Crippen molar-refractivity contribution in [2.45, 2.75) is 33.6 Å². The van der Waals surface area contributed by atoms with Gasteiger partial charge in [0.2, 0.25) is 0 Å². The number of rotatable bonds is 4. The summed E-state index contributed by atoms with van der Waals surface area (Å²) in [5.74, 6) is 0.144. The van der Waals surface area contributed by atoms with Crippen molar-refractivity contribution in [2.24, 2.45) is 10.7 Å². The molecule has 1 aromatic rings. The van der Waals surface area contributed by atoms with Crippen molar-refractivity contribution in [2.75, 3.05) is 11.9 Å². The molecule has 0 heterocycles. The van der Waals surface area contributed by atoms with Crippen molar-refractivity contribution >= 4 is 30.1 Å². The molecular weight excluding hydrogens is 276 g/mol. The molecule has 0 aliphatic heterocycles. The van der Waals surface area contributed by atoms with E-state index >= 15 is 0 Å². The summed E-state index contributed by atoms with van der Waals surface area (Å²) in [4.78, 5) is 15.8. The molecule has 1 rings (SSSR count). The Morgan fingerprint density at radius 1 is 1.35 bits per heavy atom. The van der Waals surface area contributed by atoms with Crippen LogP contribution in [-0.2, 0) is 6.42 Å². The molecule has 0 unspecified atom stereocenters. The molecular formula is C14H23ClN4O. The van der Waals surface area contributed by atoms with Crippen molar-refractivity contribution < 1.29 is 4.79 Å². The van der Waals surface area contributed by atoms with Gasteiger partial charge in [0.1, 0.15) is 0 Å². The van der Waals surface area contributed by atoms with Crippen LogP contribution in [0.15, 0.2) is 23.2 Å². The van der Waals surface area contributed by atoms with Gasteiger partial charge < -0.3 is 11.1 Å².